The van der Waals surface area contributed by atoms with E-state index in [2.05, 4.69) is 42.0 Å². The van der Waals surface area contributed by atoms with E-state index in [-0.39, 0.29) is 11.9 Å². The maximum Gasteiger partial charge on any atom is 0.258 e. The van der Waals surface area contributed by atoms with Crippen LogP contribution >= 0.6 is 0 Å². The smallest absolute Gasteiger partial charge is 0.258 e. The van der Waals surface area contributed by atoms with Crippen LogP contribution in [0.5, 0.6) is 0 Å². The van der Waals surface area contributed by atoms with Crippen LogP contribution in [0, 0.1) is 13.8 Å². The Morgan fingerprint density at radius 2 is 1.92 bits per heavy atom. The highest BCUT2D eigenvalue weighted by atomic mass is 16.2. The molecule has 2 heterocycles. The van der Waals surface area contributed by atoms with E-state index < -0.39 is 0 Å². The standard InChI is InChI=1S/C21H24N2O/c1-14-8-9-19-17(12-14)18-13-22(3)11-10-20(18)23(19)21(24)16-7-5-4-6-15(16)2/h4-9,12,18,20H,10-11,13H2,1-3H3. The molecule has 0 aromatic heterocycles. The van der Waals surface area contributed by atoms with Crippen molar-refractivity contribution in [2.24, 2.45) is 0 Å². The molecule has 1 amide bonds. The van der Waals surface area contributed by atoms with Gasteiger partial charge in [-0.1, -0.05) is 35.9 Å². The Kier molecular flexibility index (Phi) is 3.69. The average molecular weight is 320 g/mol. The number of likely N-dealkylation sites (N-methyl/N-ethyl adjacent to an activating group) is 1. The van der Waals surface area contributed by atoms with Crippen LogP contribution in [0.25, 0.3) is 0 Å². The molecule has 2 atom stereocenters. The fraction of sp³-hybridized carbons (Fsp3) is 0.381. The number of anilines is 1. The summed E-state index contributed by atoms with van der Waals surface area (Å²) in [6.45, 7) is 6.23. The van der Waals surface area contributed by atoms with Gasteiger partial charge in [0.2, 0.25) is 0 Å². The Bertz CT molecular complexity index is 798. The number of amides is 1. The molecule has 4 rings (SSSR count). The first-order chi connectivity index (χ1) is 11.6. The minimum atomic E-state index is 0.148. The van der Waals surface area contributed by atoms with Crippen LogP contribution in [0.2, 0.25) is 0 Å². The Morgan fingerprint density at radius 1 is 1.12 bits per heavy atom. The largest absolute Gasteiger partial charge is 0.306 e. The molecule has 1 fully saturated rings. The number of hydrogen-bond donors (Lipinski definition) is 0. The van der Waals surface area contributed by atoms with Gasteiger partial charge in [0, 0.05) is 29.8 Å². The average Bonchev–Trinajstić information content (AvgIpc) is 2.88. The number of carbonyl (C=O) groups excluding carboxylic acids is 1. The minimum absolute atomic E-state index is 0.148. The topological polar surface area (TPSA) is 23.6 Å². The van der Waals surface area contributed by atoms with Gasteiger partial charge in [0.25, 0.3) is 5.91 Å². The zero-order valence-electron chi connectivity index (χ0n) is 14.6. The first-order valence-electron chi connectivity index (χ1n) is 8.74. The van der Waals surface area contributed by atoms with Crippen LogP contribution in [-0.2, 0) is 0 Å². The molecule has 0 radical (unpaired) electrons. The molecule has 0 aliphatic carbocycles. The monoisotopic (exact) mass is 320 g/mol. The molecule has 0 bridgehead atoms. The van der Waals surface area contributed by atoms with Crippen molar-refractivity contribution in [2.75, 3.05) is 25.0 Å². The maximum atomic E-state index is 13.4. The number of benzene rings is 2. The van der Waals surface area contributed by atoms with Crippen molar-refractivity contribution < 1.29 is 4.79 Å². The lowest BCUT2D eigenvalue weighted by molar-refractivity contribution is 0.0964. The van der Waals surface area contributed by atoms with Crippen molar-refractivity contribution in [3.63, 3.8) is 0 Å². The van der Waals surface area contributed by atoms with Crippen LogP contribution < -0.4 is 4.90 Å². The van der Waals surface area contributed by atoms with Crippen LogP contribution in [0.1, 0.15) is 39.4 Å². The number of aryl methyl sites for hydroxylation is 2. The highest BCUT2D eigenvalue weighted by Crippen LogP contribution is 2.45. The molecule has 2 aromatic carbocycles. The van der Waals surface area contributed by atoms with Gasteiger partial charge in [0.05, 0.1) is 0 Å². The van der Waals surface area contributed by atoms with E-state index in [4.69, 9.17) is 0 Å². The van der Waals surface area contributed by atoms with Crippen LogP contribution in [-0.4, -0.2) is 37.0 Å². The van der Waals surface area contributed by atoms with Gasteiger partial charge in [0.15, 0.2) is 0 Å². The molecule has 2 aromatic rings. The molecule has 2 aliphatic heterocycles. The highest BCUT2D eigenvalue weighted by molar-refractivity contribution is 6.09. The molecule has 3 nitrogen and oxygen atoms in total. The number of carbonyl (C=O) groups is 1. The van der Waals surface area contributed by atoms with Crippen molar-refractivity contribution >= 4 is 11.6 Å². The number of hydrogen-bond acceptors (Lipinski definition) is 2. The van der Waals surface area contributed by atoms with Crippen molar-refractivity contribution in [2.45, 2.75) is 32.2 Å². The van der Waals surface area contributed by atoms with Crippen molar-refractivity contribution in [3.8, 4) is 0 Å². The van der Waals surface area contributed by atoms with E-state index in [0.29, 0.717) is 5.92 Å². The van der Waals surface area contributed by atoms with E-state index in [0.717, 1.165) is 36.3 Å². The molecule has 0 spiro atoms. The number of piperidine rings is 1. The third kappa shape index (κ3) is 2.35. The van der Waals surface area contributed by atoms with Gasteiger partial charge in [0.1, 0.15) is 0 Å². The molecule has 24 heavy (non-hydrogen) atoms. The number of rotatable bonds is 1. The summed E-state index contributed by atoms with van der Waals surface area (Å²) >= 11 is 0. The van der Waals surface area contributed by atoms with Crippen LogP contribution in [0.15, 0.2) is 42.5 Å². The van der Waals surface area contributed by atoms with E-state index in [1.165, 1.54) is 11.1 Å². The predicted octanol–water partition coefficient (Wildman–Crippen LogP) is 3.75. The molecule has 1 saturated heterocycles. The molecule has 3 heteroatoms. The molecule has 124 valence electrons. The van der Waals surface area contributed by atoms with E-state index in [1.807, 2.05) is 31.2 Å². The first-order valence-corrected chi connectivity index (χ1v) is 8.74. The minimum Gasteiger partial charge on any atom is -0.306 e. The first kappa shape index (κ1) is 15.4. The zero-order valence-corrected chi connectivity index (χ0v) is 14.6. The second-order valence-corrected chi connectivity index (χ2v) is 7.28. The second-order valence-electron chi connectivity index (χ2n) is 7.28. The van der Waals surface area contributed by atoms with Gasteiger partial charge in [-0.25, -0.2) is 0 Å². The lowest BCUT2D eigenvalue weighted by Gasteiger charge is -2.36. The summed E-state index contributed by atoms with van der Waals surface area (Å²) in [4.78, 5) is 17.8. The normalized spacial score (nSPS) is 23.0. The Morgan fingerprint density at radius 3 is 2.71 bits per heavy atom. The molecular weight excluding hydrogens is 296 g/mol. The lowest BCUT2D eigenvalue weighted by atomic mass is 9.88. The number of fused-ring (bicyclic) bond motifs is 3. The van der Waals surface area contributed by atoms with E-state index in [1.54, 1.807) is 0 Å². The molecule has 2 unspecified atom stereocenters. The second kappa shape index (κ2) is 5.75. The Balaban J connectivity index is 1.81. The van der Waals surface area contributed by atoms with Crippen LogP contribution in [0.4, 0.5) is 5.69 Å². The summed E-state index contributed by atoms with van der Waals surface area (Å²) in [5.74, 6) is 0.571. The van der Waals surface area contributed by atoms with Crippen molar-refractivity contribution in [1.82, 2.24) is 4.90 Å². The predicted molar refractivity (Wildman–Crippen MR) is 97.8 cm³/mol. The fourth-order valence-corrected chi connectivity index (χ4v) is 4.29. The lowest BCUT2D eigenvalue weighted by Crippen LogP contribution is -2.47. The third-order valence-electron chi connectivity index (χ3n) is 5.55. The molecule has 0 saturated carbocycles. The van der Waals surface area contributed by atoms with Gasteiger partial charge < -0.3 is 9.80 Å². The van der Waals surface area contributed by atoms with Gasteiger partial charge in [-0.3, -0.25) is 4.79 Å². The zero-order chi connectivity index (χ0) is 16.8. The van der Waals surface area contributed by atoms with Crippen LogP contribution in [0.3, 0.4) is 0 Å². The molecular formula is C21H24N2O. The van der Waals surface area contributed by atoms with Gasteiger partial charge >= 0.3 is 0 Å². The van der Waals surface area contributed by atoms with E-state index in [9.17, 15) is 4.79 Å². The maximum absolute atomic E-state index is 13.4. The van der Waals surface area contributed by atoms with Crippen molar-refractivity contribution in [1.29, 1.82) is 0 Å². The summed E-state index contributed by atoms with van der Waals surface area (Å²) in [7, 11) is 2.18. The Labute approximate surface area is 143 Å². The van der Waals surface area contributed by atoms with E-state index >= 15 is 0 Å². The summed E-state index contributed by atoms with van der Waals surface area (Å²) in [5, 5.41) is 0. The highest BCUT2D eigenvalue weighted by Gasteiger charge is 2.44. The number of nitrogens with zero attached hydrogens (tertiary/aromatic N) is 2. The molecule has 0 N–H and O–H groups in total. The summed E-state index contributed by atoms with van der Waals surface area (Å²) in [6.07, 6.45) is 1.03. The van der Waals surface area contributed by atoms with Gasteiger partial charge in [-0.2, -0.15) is 0 Å². The Hall–Kier alpha value is -2.13. The molecule has 2 aliphatic rings. The quantitative estimate of drug-likeness (QED) is 0.799. The fourth-order valence-electron chi connectivity index (χ4n) is 4.29. The van der Waals surface area contributed by atoms with Crippen molar-refractivity contribution in [3.05, 3.63) is 64.7 Å². The number of likely N-dealkylation sites (tertiary alicyclic amines) is 1. The van der Waals surface area contributed by atoms with Gasteiger partial charge in [-0.05, 0) is 57.1 Å². The summed E-state index contributed by atoms with van der Waals surface area (Å²) in [5.41, 5.74) is 5.59. The summed E-state index contributed by atoms with van der Waals surface area (Å²) in [6, 6.07) is 14.7. The SMILES string of the molecule is Cc1ccc2c(c1)C1CN(C)CCC1N2C(=O)c1ccccc1C. The summed E-state index contributed by atoms with van der Waals surface area (Å²) < 4.78 is 0. The third-order valence-corrected chi connectivity index (χ3v) is 5.55. The van der Waals surface area contributed by atoms with Gasteiger partial charge in [-0.15, -0.1) is 0 Å².